The third kappa shape index (κ3) is 3.66. The smallest absolute Gasteiger partial charge is 0.244 e. The van der Waals surface area contributed by atoms with Crippen molar-refractivity contribution in [2.24, 2.45) is 0 Å². The quantitative estimate of drug-likeness (QED) is 0.814. The molecule has 1 aliphatic rings. The van der Waals surface area contributed by atoms with Crippen LogP contribution in [0.4, 0.5) is 0 Å². The lowest BCUT2D eigenvalue weighted by atomic mass is 10.2. The molecule has 2 aromatic carbocycles. The number of nitrogens with one attached hydrogen (secondary N) is 1. The molecule has 0 aliphatic carbocycles. The Hall–Kier alpha value is -1.77. The Bertz CT molecular complexity index is 840. The van der Waals surface area contributed by atoms with Gasteiger partial charge in [0.2, 0.25) is 10.0 Å². The Kier molecular flexibility index (Phi) is 4.98. The second-order valence-corrected chi connectivity index (χ2v) is 7.80. The summed E-state index contributed by atoms with van der Waals surface area (Å²) >= 11 is 3.27. The topological polar surface area (TPSA) is 73.9 Å². The zero-order valence-corrected chi connectivity index (χ0v) is 15.3. The fourth-order valence-corrected chi connectivity index (χ4v) is 4.08. The van der Waals surface area contributed by atoms with Gasteiger partial charge >= 0.3 is 0 Å². The van der Waals surface area contributed by atoms with E-state index in [1.807, 2.05) is 18.2 Å². The van der Waals surface area contributed by atoms with Crippen LogP contribution in [0.2, 0.25) is 0 Å². The summed E-state index contributed by atoms with van der Waals surface area (Å²) in [7, 11) is -2.31. The minimum absolute atomic E-state index is 0.0662. The first-order valence-corrected chi connectivity index (χ1v) is 9.49. The van der Waals surface area contributed by atoms with Crippen LogP contribution in [-0.2, 0) is 10.0 Å². The van der Waals surface area contributed by atoms with Gasteiger partial charge in [0.05, 0.1) is 13.7 Å². The summed E-state index contributed by atoms with van der Waals surface area (Å²) < 4.78 is 44.7. The van der Waals surface area contributed by atoms with Crippen LogP contribution in [0, 0.1) is 0 Å². The molecule has 3 rings (SSSR count). The number of ether oxygens (including phenoxy) is 3. The Labute approximate surface area is 148 Å². The molecule has 1 unspecified atom stereocenters. The summed E-state index contributed by atoms with van der Waals surface area (Å²) in [6, 6.07) is 12.1. The van der Waals surface area contributed by atoms with E-state index in [4.69, 9.17) is 14.2 Å². The molecule has 1 heterocycles. The molecule has 1 atom stereocenters. The Balaban J connectivity index is 1.72. The molecule has 24 heavy (non-hydrogen) atoms. The van der Waals surface area contributed by atoms with Crippen molar-refractivity contribution in [3.8, 4) is 17.2 Å². The van der Waals surface area contributed by atoms with Gasteiger partial charge in [0.15, 0.2) is 11.5 Å². The second-order valence-electron chi connectivity index (χ2n) is 5.14. The molecule has 1 N–H and O–H groups in total. The van der Waals surface area contributed by atoms with E-state index in [0.29, 0.717) is 16.0 Å². The van der Waals surface area contributed by atoms with E-state index in [9.17, 15) is 8.42 Å². The molecular formula is C16H16BrNO5S. The third-order valence-electron chi connectivity index (χ3n) is 3.48. The highest BCUT2D eigenvalue weighted by atomic mass is 79.9. The standard InChI is InChI=1S/C16H16BrNO5S/c1-21-15-7-6-11(17)8-16(15)24(19,20)18-9-12-10-22-13-4-2-3-5-14(13)23-12/h2-8,12,18H,9-10H2,1H3. The van der Waals surface area contributed by atoms with Crippen LogP contribution in [0.5, 0.6) is 17.2 Å². The summed E-state index contributed by atoms with van der Waals surface area (Å²) in [5.74, 6) is 1.54. The maximum absolute atomic E-state index is 12.5. The van der Waals surface area contributed by atoms with Crippen molar-refractivity contribution in [1.82, 2.24) is 4.72 Å². The molecular weight excluding hydrogens is 398 g/mol. The summed E-state index contributed by atoms with van der Waals surface area (Å²) in [6.07, 6.45) is -0.409. The van der Waals surface area contributed by atoms with E-state index in [1.165, 1.54) is 13.2 Å². The maximum atomic E-state index is 12.5. The minimum Gasteiger partial charge on any atom is -0.495 e. The fraction of sp³-hybridized carbons (Fsp3) is 0.250. The van der Waals surface area contributed by atoms with Gasteiger partial charge in [-0.1, -0.05) is 28.1 Å². The summed E-state index contributed by atoms with van der Waals surface area (Å²) in [4.78, 5) is 0.0662. The van der Waals surface area contributed by atoms with Gasteiger partial charge in [-0.05, 0) is 30.3 Å². The molecule has 0 aromatic heterocycles. The molecule has 8 heteroatoms. The maximum Gasteiger partial charge on any atom is 0.244 e. The average Bonchev–Trinajstić information content (AvgIpc) is 2.60. The Morgan fingerprint density at radius 1 is 1.25 bits per heavy atom. The summed E-state index contributed by atoms with van der Waals surface area (Å²) in [6.45, 7) is 0.363. The zero-order chi connectivity index (χ0) is 17.2. The van der Waals surface area contributed by atoms with Crippen LogP contribution < -0.4 is 18.9 Å². The van der Waals surface area contributed by atoms with Crippen LogP contribution in [0.15, 0.2) is 51.8 Å². The van der Waals surface area contributed by atoms with Gasteiger partial charge in [-0.3, -0.25) is 0 Å². The molecule has 0 amide bonds. The van der Waals surface area contributed by atoms with Crippen molar-refractivity contribution < 1.29 is 22.6 Å². The van der Waals surface area contributed by atoms with Gasteiger partial charge in [0.25, 0.3) is 0 Å². The second kappa shape index (κ2) is 7.00. The molecule has 1 aliphatic heterocycles. The molecule has 2 aromatic rings. The van der Waals surface area contributed by atoms with Crippen molar-refractivity contribution in [2.75, 3.05) is 20.3 Å². The van der Waals surface area contributed by atoms with Crippen molar-refractivity contribution in [2.45, 2.75) is 11.0 Å². The van der Waals surface area contributed by atoms with E-state index in [-0.39, 0.29) is 23.8 Å². The highest BCUT2D eigenvalue weighted by Crippen LogP contribution is 2.31. The van der Waals surface area contributed by atoms with Gasteiger partial charge in [0.1, 0.15) is 23.4 Å². The molecule has 0 saturated carbocycles. The Morgan fingerprint density at radius 2 is 2.00 bits per heavy atom. The molecule has 0 saturated heterocycles. The number of hydrogen-bond donors (Lipinski definition) is 1. The number of fused-ring (bicyclic) bond motifs is 1. The third-order valence-corrected chi connectivity index (χ3v) is 5.42. The summed E-state index contributed by atoms with van der Waals surface area (Å²) in [5, 5.41) is 0. The van der Waals surface area contributed by atoms with Crippen LogP contribution in [0.3, 0.4) is 0 Å². The molecule has 0 spiro atoms. The zero-order valence-electron chi connectivity index (χ0n) is 12.9. The number of para-hydroxylation sites is 2. The van der Waals surface area contributed by atoms with E-state index in [0.717, 1.165) is 0 Å². The molecule has 0 bridgehead atoms. The largest absolute Gasteiger partial charge is 0.495 e. The first-order valence-electron chi connectivity index (χ1n) is 7.21. The van der Waals surface area contributed by atoms with Crippen molar-refractivity contribution in [1.29, 1.82) is 0 Å². The first-order chi connectivity index (χ1) is 11.5. The van der Waals surface area contributed by atoms with Crippen molar-refractivity contribution >= 4 is 26.0 Å². The van der Waals surface area contributed by atoms with E-state index < -0.39 is 16.1 Å². The molecule has 0 fully saturated rings. The monoisotopic (exact) mass is 413 g/mol. The molecule has 0 radical (unpaired) electrons. The lowest BCUT2D eigenvalue weighted by Crippen LogP contribution is -2.40. The lowest BCUT2D eigenvalue weighted by Gasteiger charge is -2.26. The molecule has 6 nitrogen and oxygen atoms in total. The van der Waals surface area contributed by atoms with E-state index >= 15 is 0 Å². The number of hydrogen-bond acceptors (Lipinski definition) is 5. The predicted molar refractivity (Wildman–Crippen MR) is 92.2 cm³/mol. The van der Waals surface area contributed by atoms with Crippen molar-refractivity contribution in [3.05, 3.63) is 46.9 Å². The average molecular weight is 414 g/mol. The number of rotatable bonds is 5. The number of methoxy groups -OCH3 is 1. The highest BCUT2D eigenvalue weighted by Gasteiger charge is 2.25. The van der Waals surface area contributed by atoms with Crippen LogP contribution >= 0.6 is 15.9 Å². The Morgan fingerprint density at radius 3 is 2.75 bits per heavy atom. The predicted octanol–water partition coefficient (Wildman–Crippen LogP) is 2.58. The lowest BCUT2D eigenvalue weighted by molar-refractivity contribution is 0.0943. The molecule has 128 valence electrons. The van der Waals surface area contributed by atoms with Gasteiger partial charge in [-0.2, -0.15) is 0 Å². The van der Waals surface area contributed by atoms with Gasteiger partial charge in [-0.15, -0.1) is 0 Å². The number of sulfonamides is 1. The first kappa shape index (κ1) is 17.1. The SMILES string of the molecule is COc1ccc(Br)cc1S(=O)(=O)NCC1COc2ccccc2O1. The minimum atomic E-state index is -3.74. The summed E-state index contributed by atoms with van der Waals surface area (Å²) in [5.41, 5.74) is 0. The van der Waals surface area contributed by atoms with Crippen LogP contribution in [0.25, 0.3) is 0 Å². The van der Waals surface area contributed by atoms with Crippen molar-refractivity contribution in [3.63, 3.8) is 0 Å². The van der Waals surface area contributed by atoms with Crippen LogP contribution in [-0.4, -0.2) is 34.8 Å². The van der Waals surface area contributed by atoms with Gasteiger partial charge < -0.3 is 14.2 Å². The normalized spacial score (nSPS) is 16.7. The number of halogens is 1. The van der Waals surface area contributed by atoms with E-state index in [2.05, 4.69) is 20.7 Å². The van der Waals surface area contributed by atoms with Gasteiger partial charge in [-0.25, -0.2) is 13.1 Å². The number of benzene rings is 2. The van der Waals surface area contributed by atoms with Crippen LogP contribution in [0.1, 0.15) is 0 Å². The van der Waals surface area contributed by atoms with Gasteiger partial charge in [0, 0.05) is 4.47 Å². The fourth-order valence-electron chi connectivity index (χ4n) is 2.30. The van der Waals surface area contributed by atoms with E-state index in [1.54, 1.807) is 18.2 Å². The highest BCUT2D eigenvalue weighted by molar-refractivity contribution is 9.10.